The van der Waals surface area contributed by atoms with Gasteiger partial charge in [-0.1, -0.05) is 30.3 Å². The first kappa shape index (κ1) is 26.3. The number of aromatic nitrogens is 2. The lowest BCUT2D eigenvalue weighted by Crippen LogP contribution is -2.63. The van der Waals surface area contributed by atoms with Crippen molar-refractivity contribution in [2.45, 2.75) is 71.0 Å². The van der Waals surface area contributed by atoms with Crippen molar-refractivity contribution in [3.8, 4) is 0 Å². The molecule has 3 aliphatic heterocycles. The van der Waals surface area contributed by atoms with E-state index in [9.17, 15) is 4.79 Å². The predicted octanol–water partition coefficient (Wildman–Crippen LogP) is 3.84. The monoisotopic (exact) mass is 504 g/mol. The van der Waals surface area contributed by atoms with Crippen LogP contribution in [0.25, 0.3) is 0 Å². The van der Waals surface area contributed by atoms with Crippen LogP contribution in [0.15, 0.2) is 36.7 Å². The van der Waals surface area contributed by atoms with Crippen LogP contribution in [0.2, 0.25) is 0 Å². The number of aryl methyl sites for hydroxylation is 2. The minimum atomic E-state index is 0.0858. The summed E-state index contributed by atoms with van der Waals surface area (Å²) in [6.45, 7) is 15.7. The van der Waals surface area contributed by atoms with E-state index in [0.29, 0.717) is 23.6 Å². The van der Waals surface area contributed by atoms with Gasteiger partial charge in [-0.2, -0.15) is 0 Å². The summed E-state index contributed by atoms with van der Waals surface area (Å²) < 4.78 is 0. The first-order chi connectivity index (χ1) is 17.9. The number of nitrogens with one attached hydrogen (secondary N) is 1. The molecule has 37 heavy (non-hydrogen) atoms. The fraction of sp³-hybridized carbons (Fsp3) is 0.633. The van der Waals surface area contributed by atoms with Gasteiger partial charge in [0.15, 0.2) is 0 Å². The molecule has 0 bridgehead atoms. The van der Waals surface area contributed by atoms with E-state index in [-0.39, 0.29) is 11.4 Å². The average Bonchev–Trinajstić information content (AvgIpc) is 2.91. The number of likely N-dealkylation sites (tertiary alicyclic amines) is 1. The van der Waals surface area contributed by atoms with Crippen LogP contribution >= 0.6 is 0 Å². The largest absolute Gasteiger partial charge is 0.338 e. The van der Waals surface area contributed by atoms with Gasteiger partial charge < -0.3 is 10.2 Å². The maximum atomic E-state index is 13.3. The summed E-state index contributed by atoms with van der Waals surface area (Å²) in [7, 11) is 0. The summed E-state index contributed by atoms with van der Waals surface area (Å²) in [6.07, 6.45) is 6.12. The van der Waals surface area contributed by atoms with E-state index >= 15 is 0 Å². The molecular weight excluding hydrogens is 460 g/mol. The van der Waals surface area contributed by atoms with Crippen LogP contribution in [0.1, 0.15) is 72.9 Å². The second-order valence-electron chi connectivity index (χ2n) is 11.7. The quantitative estimate of drug-likeness (QED) is 0.668. The van der Waals surface area contributed by atoms with Crippen LogP contribution in [0, 0.1) is 19.8 Å². The second kappa shape index (κ2) is 11.2. The molecule has 1 N–H and O–H groups in total. The number of carbonyl (C=O) groups is 1. The van der Waals surface area contributed by atoms with Gasteiger partial charge in [0.05, 0.1) is 17.0 Å². The minimum absolute atomic E-state index is 0.0858. The highest BCUT2D eigenvalue weighted by molar-refractivity contribution is 5.96. The fourth-order valence-corrected chi connectivity index (χ4v) is 6.98. The molecule has 7 heteroatoms. The molecule has 1 aromatic carbocycles. The van der Waals surface area contributed by atoms with E-state index in [2.05, 4.69) is 69.3 Å². The molecule has 3 atom stereocenters. The summed E-state index contributed by atoms with van der Waals surface area (Å²) in [6, 6.07) is 12.1. The number of benzene rings is 1. The molecule has 3 fully saturated rings. The molecule has 4 heterocycles. The van der Waals surface area contributed by atoms with Crippen molar-refractivity contribution in [3.63, 3.8) is 0 Å². The fourth-order valence-electron chi connectivity index (χ4n) is 6.98. The second-order valence-corrected chi connectivity index (χ2v) is 11.7. The zero-order chi connectivity index (χ0) is 26.0. The molecule has 0 saturated carbocycles. The lowest BCUT2D eigenvalue weighted by molar-refractivity contribution is -0.0403. The van der Waals surface area contributed by atoms with Crippen molar-refractivity contribution in [2.75, 3.05) is 45.8 Å². The normalized spacial score (nSPS) is 26.1. The van der Waals surface area contributed by atoms with E-state index in [4.69, 9.17) is 0 Å². The Morgan fingerprint density at radius 2 is 1.76 bits per heavy atom. The van der Waals surface area contributed by atoms with Crippen LogP contribution in [0.3, 0.4) is 0 Å². The van der Waals surface area contributed by atoms with Crippen molar-refractivity contribution >= 4 is 5.91 Å². The molecule has 2 unspecified atom stereocenters. The summed E-state index contributed by atoms with van der Waals surface area (Å²) >= 11 is 0. The molecule has 3 aliphatic rings. The maximum Gasteiger partial charge on any atom is 0.257 e. The highest BCUT2D eigenvalue weighted by Crippen LogP contribution is 2.38. The Kier molecular flexibility index (Phi) is 7.93. The summed E-state index contributed by atoms with van der Waals surface area (Å²) in [4.78, 5) is 29.4. The third kappa shape index (κ3) is 5.45. The first-order valence-electron chi connectivity index (χ1n) is 14.2. The van der Waals surface area contributed by atoms with Crippen LogP contribution in [0.4, 0.5) is 0 Å². The summed E-state index contributed by atoms with van der Waals surface area (Å²) in [5.74, 6) is 0.742. The van der Waals surface area contributed by atoms with E-state index < -0.39 is 0 Å². The van der Waals surface area contributed by atoms with Gasteiger partial charge in [-0.05, 0) is 77.9 Å². The summed E-state index contributed by atoms with van der Waals surface area (Å²) in [5, 5.41) is 3.66. The highest BCUT2D eigenvalue weighted by atomic mass is 16.2. The third-order valence-corrected chi connectivity index (χ3v) is 9.29. The van der Waals surface area contributed by atoms with Crippen molar-refractivity contribution in [3.05, 3.63) is 59.2 Å². The molecule has 3 saturated heterocycles. The number of hydrogen-bond donors (Lipinski definition) is 1. The van der Waals surface area contributed by atoms with Gasteiger partial charge in [-0.15, -0.1) is 0 Å². The topological polar surface area (TPSA) is 64.6 Å². The standard InChI is InChI=1S/C30H44N6O/c1-22-20-35(17-18-36(22)28(25-9-6-5-7-10-25)26-11-8-14-31-19-26)30(4)12-15-34(16-13-30)29(37)27-23(2)32-21-33-24(27)3/h5-7,9-10,21-22,26,28,31H,8,11-20H2,1-4H3/t22?,26?,28-/m0/s1. The van der Waals surface area contributed by atoms with Gasteiger partial charge in [-0.25, -0.2) is 9.97 Å². The molecule has 0 spiro atoms. The first-order valence-corrected chi connectivity index (χ1v) is 14.2. The van der Waals surface area contributed by atoms with Crippen LogP contribution in [-0.4, -0.2) is 88.0 Å². The van der Waals surface area contributed by atoms with Crippen LogP contribution in [-0.2, 0) is 0 Å². The number of piperidine rings is 2. The number of rotatable bonds is 5. The van der Waals surface area contributed by atoms with Crippen molar-refractivity contribution in [1.82, 2.24) is 30.0 Å². The number of piperazine rings is 1. The molecule has 1 aromatic heterocycles. The lowest BCUT2D eigenvalue weighted by atomic mass is 9.83. The Hall–Kier alpha value is -2.35. The van der Waals surface area contributed by atoms with Gasteiger partial charge in [0.2, 0.25) is 0 Å². The Morgan fingerprint density at radius 1 is 1.05 bits per heavy atom. The van der Waals surface area contributed by atoms with Crippen molar-refractivity contribution in [2.24, 2.45) is 5.92 Å². The molecule has 2 aromatic rings. The number of carbonyl (C=O) groups excluding carboxylic acids is 1. The van der Waals surface area contributed by atoms with Gasteiger partial charge >= 0.3 is 0 Å². The average molecular weight is 505 g/mol. The van der Waals surface area contributed by atoms with Crippen molar-refractivity contribution in [1.29, 1.82) is 0 Å². The lowest BCUT2D eigenvalue weighted by Gasteiger charge is -2.54. The highest BCUT2D eigenvalue weighted by Gasteiger charge is 2.42. The van der Waals surface area contributed by atoms with Crippen molar-refractivity contribution < 1.29 is 4.79 Å². The molecular formula is C30H44N6O. The van der Waals surface area contributed by atoms with Gasteiger partial charge in [0.1, 0.15) is 6.33 Å². The van der Waals surface area contributed by atoms with Gasteiger partial charge in [0.25, 0.3) is 5.91 Å². The summed E-state index contributed by atoms with van der Waals surface area (Å²) in [5.41, 5.74) is 3.82. The maximum absolute atomic E-state index is 13.3. The SMILES string of the molecule is Cc1ncnc(C)c1C(=O)N1CCC(C)(N2CCN([C@@H](c3ccccc3)C3CCCNC3)C(C)C2)CC1. The van der Waals surface area contributed by atoms with E-state index in [1.54, 1.807) is 6.33 Å². The molecule has 0 aliphatic carbocycles. The molecule has 200 valence electrons. The third-order valence-electron chi connectivity index (χ3n) is 9.29. The van der Waals surface area contributed by atoms with Gasteiger partial charge in [-0.3, -0.25) is 14.6 Å². The smallest absolute Gasteiger partial charge is 0.257 e. The van der Waals surface area contributed by atoms with Crippen LogP contribution in [0.5, 0.6) is 0 Å². The zero-order valence-electron chi connectivity index (χ0n) is 23.1. The molecule has 7 nitrogen and oxygen atoms in total. The Balaban J connectivity index is 1.24. The molecule has 0 radical (unpaired) electrons. The molecule has 5 rings (SSSR count). The molecule has 1 amide bonds. The number of nitrogens with zero attached hydrogens (tertiary/aromatic N) is 5. The Labute approximate surface area is 222 Å². The Morgan fingerprint density at radius 3 is 2.38 bits per heavy atom. The number of amides is 1. The predicted molar refractivity (Wildman–Crippen MR) is 148 cm³/mol. The zero-order valence-corrected chi connectivity index (χ0v) is 23.1. The van der Waals surface area contributed by atoms with Gasteiger partial charge in [0, 0.05) is 50.3 Å². The van der Waals surface area contributed by atoms with E-state index in [0.717, 1.165) is 70.0 Å². The number of hydrogen-bond acceptors (Lipinski definition) is 6. The van der Waals surface area contributed by atoms with E-state index in [1.807, 2.05) is 18.7 Å². The van der Waals surface area contributed by atoms with E-state index in [1.165, 1.54) is 18.4 Å². The van der Waals surface area contributed by atoms with Crippen LogP contribution < -0.4 is 5.32 Å². The Bertz CT molecular complexity index is 1040. The minimum Gasteiger partial charge on any atom is -0.338 e.